The molecule has 0 aliphatic rings. The van der Waals surface area contributed by atoms with Crippen molar-refractivity contribution in [2.24, 2.45) is 0 Å². The van der Waals surface area contributed by atoms with Crippen LogP contribution in [-0.4, -0.2) is 24.7 Å². The Kier molecular flexibility index (Phi) is 2.61. The van der Waals surface area contributed by atoms with Crippen molar-refractivity contribution in [3.63, 3.8) is 0 Å². The minimum atomic E-state index is 0.438. The van der Waals surface area contributed by atoms with Crippen molar-refractivity contribution in [1.82, 2.24) is 24.7 Å². The van der Waals surface area contributed by atoms with Crippen molar-refractivity contribution >= 4 is 34.2 Å². The number of hydrogen-bond acceptors (Lipinski definition) is 5. The van der Waals surface area contributed by atoms with Gasteiger partial charge in [-0.15, -0.1) is 0 Å². The van der Waals surface area contributed by atoms with Crippen LogP contribution in [0.5, 0.6) is 0 Å². The van der Waals surface area contributed by atoms with Crippen LogP contribution < -0.4 is 0 Å². The van der Waals surface area contributed by atoms with Gasteiger partial charge in [0, 0.05) is 5.39 Å². The molecule has 0 atom stereocenters. The number of rotatable bonds is 2. The van der Waals surface area contributed by atoms with Crippen LogP contribution in [0.4, 0.5) is 0 Å². The number of nitrogens with zero attached hydrogens (tertiary/aromatic N) is 4. The first-order valence-corrected chi connectivity index (χ1v) is 6.88. The molecule has 0 saturated heterocycles. The largest absolute Gasteiger partial charge is 0.337 e. The van der Waals surface area contributed by atoms with Gasteiger partial charge in [-0.3, -0.25) is 4.98 Å². The third-order valence-electron chi connectivity index (χ3n) is 3.37. The van der Waals surface area contributed by atoms with E-state index in [1.807, 2.05) is 28.8 Å². The molecule has 1 N–H and O–H groups in total. The highest BCUT2D eigenvalue weighted by molar-refractivity contribution is 7.71. The number of H-pyrrole nitrogens is 1. The molecule has 3 heterocycles. The Morgan fingerprint density at radius 3 is 3.00 bits per heavy atom. The predicted octanol–water partition coefficient (Wildman–Crippen LogP) is 2.99. The number of nitrogens with one attached hydrogen (secondary N) is 1. The van der Waals surface area contributed by atoms with Crippen molar-refractivity contribution in [2.45, 2.75) is 13.5 Å². The van der Waals surface area contributed by atoms with E-state index in [1.165, 1.54) is 0 Å². The van der Waals surface area contributed by atoms with Gasteiger partial charge in [0.1, 0.15) is 6.54 Å². The molecule has 0 aliphatic heterocycles. The number of hydrogen-bond donors (Lipinski definition) is 1. The number of aromatic amines is 1. The van der Waals surface area contributed by atoms with Gasteiger partial charge in [-0.2, -0.15) is 4.98 Å². The zero-order valence-corrected chi connectivity index (χ0v) is 12.0. The van der Waals surface area contributed by atoms with E-state index < -0.39 is 0 Å². The monoisotopic (exact) mass is 297 g/mol. The number of aromatic nitrogens is 5. The van der Waals surface area contributed by atoms with Gasteiger partial charge in [-0.05, 0) is 25.2 Å². The standard InChI is InChI=1S/C14H11N5OS/c1-8-16-12(20-18-8)7-19-13-9-4-2-3-5-10(9)15-6-11(13)17-14(19)21/h2-6H,7H2,1H3,(H,17,21). The Hall–Kier alpha value is -2.54. The molecule has 0 aliphatic carbocycles. The van der Waals surface area contributed by atoms with Crippen LogP contribution in [0.15, 0.2) is 35.0 Å². The zero-order chi connectivity index (χ0) is 14.4. The van der Waals surface area contributed by atoms with Gasteiger partial charge in [0.25, 0.3) is 0 Å². The lowest BCUT2D eigenvalue weighted by Crippen LogP contribution is -2.00. The second kappa shape index (κ2) is 4.49. The third kappa shape index (κ3) is 1.93. The van der Waals surface area contributed by atoms with E-state index in [1.54, 1.807) is 13.1 Å². The summed E-state index contributed by atoms with van der Waals surface area (Å²) in [5.74, 6) is 1.15. The van der Waals surface area contributed by atoms with E-state index in [0.29, 0.717) is 23.0 Å². The summed E-state index contributed by atoms with van der Waals surface area (Å²) < 4.78 is 7.77. The van der Waals surface area contributed by atoms with Gasteiger partial charge in [0.15, 0.2) is 10.6 Å². The molecule has 4 aromatic rings. The molecule has 0 bridgehead atoms. The molecule has 0 fully saturated rings. The van der Waals surface area contributed by atoms with Crippen LogP contribution in [0.2, 0.25) is 0 Å². The smallest absolute Gasteiger partial charge is 0.246 e. The maximum absolute atomic E-state index is 5.41. The van der Waals surface area contributed by atoms with Crippen LogP contribution in [0.25, 0.3) is 21.9 Å². The highest BCUT2D eigenvalue weighted by atomic mass is 32.1. The average Bonchev–Trinajstić information content (AvgIpc) is 3.03. The SMILES string of the molecule is Cc1noc(Cn2c(=S)[nH]c3cnc4ccccc4c32)n1. The summed E-state index contributed by atoms with van der Waals surface area (Å²) in [6, 6.07) is 7.96. The van der Waals surface area contributed by atoms with E-state index >= 15 is 0 Å². The zero-order valence-electron chi connectivity index (χ0n) is 11.2. The average molecular weight is 297 g/mol. The Balaban J connectivity index is 2.01. The fourth-order valence-electron chi connectivity index (χ4n) is 2.48. The molecule has 0 radical (unpaired) electrons. The molecule has 0 spiro atoms. The maximum atomic E-state index is 5.41. The highest BCUT2D eigenvalue weighted by Gasteiger charge is 2.12. The number of para-hydroxylation sites is 1. The number of aryl methyl sites for hydroxylation is 1. The Morgan fingerprint density at radius 2 is 2.19 bits per heavy atom. The molecule has 0 unspecified atom stereocenters. The van der Waals surface area contributed by atoms with Gasteiger partial charge in [-0.1, -0.05) is 23.4 Å². The molecule has 4 rings (SSSR count). The summed E-state index contributed by atoms with van der Waals surface area (Å²) >= 11 is 5.41. The van der Waals surface area contributed by atoms with Gasteiger partial charge in [-0.25, -0.2) is 0 Å². The minimum Gasteiger partial charge on any atom is -0.337 e. The summed E-state index contributed by atoms with van der Waals surface area (Å²) in [6.07, 6.45) is 1.79. The highest BCUT2D eigenvalue weighted by Crippen LogP contribution is 2.24. The molecule has 1 aromatic carbocycles. The summed E-state index contributed by atoms with van der Waals surface area (Å²) in [5, 5.41) is 4.85. The van der Waals surface area contributed by atoms with E-state index in [0.717, 1.165) is 21.9 Å². The molecule has 21 heavy (non-hydrogen) atoms. The van der Waals surface area contributed by atoms with Crippen molar-refractivity contribution in [3.8, 4) is 0 Å². The number of imidazole rings is 1. The predicted molar refractivity (Wildman–Crippen MR) is 80.6 cm³/mol. The lowest BCUT2D eigenvalue weighted by atomic mass is 10.2. The first-order valence-electron chi connectivity index (χ1n) is 6.48. The van der Waals surface area contributed by atoms with Gasteiger partial charge >= 0.3 is 0 Å². The molecule has 104 valence electrons. The fraction of sp³-hybridized carbons (Fsp3) is 0.143. The van der Waals surface area contributed by atoms with E-state index in [4.69, 9.17) is 16.7 Å². The second-order valence-corrected chi connectivity index (χ2v) is 5.18. The van der Waals surface area contributed by atoms with Crippen molar-refractivity contribution in [2.75, 3.05) is 0 Å². The maximum Gasteiger partial charge on any atom is 0.246 e. The lowest BCUT2D eigenvalue weighted by molar-refractivity contribution is 0.368. The molecule has 7 heteroatoms. The number of benzene rings is 1. The fourth-order valence-corrected chi connectivity index (χ4v) is 2.75. The van der Waals surface area contributed by atoms with Crippen molar-refractivity contribution < 1.29 is 4.52 Å². The van der Waals surface area contributed by atoms with Gasteiger partial charge in [0.2, 0.25) is 5.89 Å². The molecule has 0 amide bonds. The lowest BCUT2D eigenvalue weighted by Gasteiger charge is -2.03. The molecule has 0 saturated carbocycles. The number of fused-ring (bicyclic) bond motifs is 3. The van der Waals surface area contributed by atoms with Crippen LogP contribution in [0.3, 0.4) is 0 Å². The summed E-state index contributed by atoms with van der Waals surface area (Å²) in [7, 11) is 0. The molecular formula is C14H11N5OS. The first kappa shape index (κ1) is 12.2. The van der Waals surface area contributed by atoms with Crippen molar-refractivity contribution in [1.29, 1.82) is 0 Å². The normalized spacial score (nSPS) is 11.5. The molecule has 3 aromatic heterocycles. The summed E-state index contributed by atoms with van der Waals surface area (Å²) in [6.45, 7) is 2.23. The first-order chi connectivity index (χ1) is 10.2. The Morgan fingerprint density at radius 1 is 1.33 bits per heavy atom. The topological polar surface area (TPSA) is 72.5 Å². The number of pyridine rings is 1. The molecular weight excluding hydrogens is 286 g/mol. The quantitative estimate of drug-likeness (QED) is 0.576. The summed E-state index contributed by atoms with van der Waals surface area (Å²) in [5.41, 5.74) is 2.82. The summed E-state index contributed by atoms with van der Waals surface area (Å²) in [4.78, 5) is 11.8. The van der Waals surface area contributed by atoms with Crippen LogP contribution in [0, 0.1) is 11.7 Å². The van der Waals surface area contributed by atoms with Crippen LogP contribution in [0.1, 0.15) is 11.7 Å². The second-order valence-electron chi connectivity index (χ2n) is 4.79. The van der Waals surface area contributed by atoms with E-state index in [-0.39, 0.29) is 0 Å². The van der Waals surface area contributed by atoms with Crippen LogP contribution >= 0.6 is 12.2 Å². The minimum absolute atomic E-state index is 0.438. The Bertz CT molecular complexity index is 1010. The van der Waals surface area contributed by atoms with E-state index in [9.17, 15) is 0 Å². The van der Waals surface area contributed by atoms with Crippen molar-refractivity contribution in [3.05, 3.63) is 46.9 Å². The molecule has 6 nitrogen and oxygen atoms in total. The van der Waals surface area contributed by atoms with Crippen LogP contribution in [-0.2, 0) is 6.54 Å². The van der Waals surface area contributed by atoms with Gasteiger partial charge < -0.3 is 14.1 Å². The third-order valence-corrected chi connectivity index (χ3v) is 3.69. The van der Waals surface area contributed by atoms with E-state index in [2.05, 4.69) is 20.1 Å². The Labute approximate surface area is 124 Å². The van der Waals surface area contributed by atoms with Gasteiger partial charge in [0.05, 0.1) is 22.7 Å².